The lowest BCUT2D eigenvalue weighted by Gasteiger charge is -2.08. The normalized spacial score (nSPS) is 10.5. The fourth-order valence-electron chi connectivity index (χ4n) is 2.71. The van der Waals surface area contributed by atoms with Crippen molar-refractivity contribution in [1.29, 1.82) is 0 Å². The minimum absolute atomic E-state index is 0.0909. The number of carbonyl (C=O) groups excluding carboxylic acids is 3. The highest BCUT2D eigenvalue weighted by Crippen LogP contribution is 2.21. The van der Waals surface area contributed by atoms with Gasteiger partial charge < -0.3 is 9.47 Å². The zero-order valence-electron chi connectivity index (χ0n) is 17.3. The molecule has 0 aliphatic rings. The second kappa shape index (κ2) is 10.4. The summed E-state index contributed by atoms with van der Waals surface area (Å²) in [5, 5.41) is 14.8. The van der Waals surface area contributed by atoms with Gasteiger partial charge in [0.25, 0.3) is 11.6 Å². The van der Waals surface area contributed by atoms with Gasteiger partial charge in [-0.05, 0) is 48.0 Å². The number of rotatable bonds is 7. The first-order valence-electron chi connectivity index (χ1n) is 9.51. The number of nitro groups is 1. The van der Waals surface area contributed by atoms with Crippen LogP contribution in [0.25, 0.3) is 0 Å². The molecule has 0 aromatic heterocycles. The summed E-state index contributed by atoms with van der Waals surface area (Å²) in [7, 11) is 0. The van der Waals surface area contributed by atoms with E-state index in [1.165, 1.54) is 61.7 Å². The molecule has 0 aliphatic carbocycles. The third-order valence-electron chi connectivity index (χ3n) is 4.18. The SMILES string of the molecule is CC(=O)Oc1ccccc1C(=O)Oc1ccc(/C=N\NC(=O)c2ccccc2[N+](=O)[O-])cc1. The Morgan fingerprint density at radius 2 is 1.55 bits per heavy atom. The number of esters is 2. The number of carbonyl (C=O) groups is 3. The molecule has 166 valence electrons. The average Bonchev–Trinajstić information content (AvgIpc) is 2.80. The fourth-order valence-corrected chi connectivity index (χ4v) is 2.71. The summed E-state index contributed by atoms with van der Waals surface area (Å²) in [6.07, 6.45) is 1.33. The van der Waals surface area contributed by atoms with Crippen LogP contribution in [0.15, 0.2) is 77.9 Å². The van der Waals surface area contributed by atoms with Gasteiger partial charge in [-0.15, -0.1) is 0 Å². The number of amides is 1. The summed E-state index contributed by atoms with van der Waals surface area (Å²) in [6.45, 7) is 1.23. The van der Waals surface area contributed by atoms with Crippen molar-refractivity contribution < 1.29 is 28.8 Å². The molecule has 33 heavy (non-hydrogen) atoms. The number of nitro benzene ring substituents is 1. The van der Waals surface area contributed by atoms with Gasteiger partial charge in [0.05, 0.1) is 11.1 Å². The molecule has 0 atom stereocenters. The minimum atomic E-state index is -0.726. The van der Waals surface area contributed by atoms with E-state index in [2.05, 4.69) is 10.5 Å². The highest BCUT2D eigenvalue weighted by Gasteiger charge is 2.18. The van der Waals surface area contributed by atoms with Gasteiger partial charge in [0, 0.05) is 13.0 Å². The van der Waals surface area contributed by atoms with Crippen molar-refractivity contribution in [3.63, 3.8) is 0 Å². The van der Waals surface area contributed by atoms with E-state index in [9.17, 15) is 24.5 Å². The second-order valence-corrected chi connectivity index (χ2v) is 6.52. The first kappa shape index (κ1) is 22.8. The third-order valence-corrected chi connectivity index (χ3v) is 4.18. The molecule has 0 spiro atoms. The van der Waals surface area contributed by atoms with E-state index in [0.717, 1.165) is 0 Å². The number of hydrogen-bond donors (Lipinski definition) is 1. The number of nitrogens with zero attached hydrogens (tertiary/aromatic N) is 2. The average molecular weight is 447 g/mol. The topological polar surface area (TPSA) is 137 Å². The summed E-state index contributed by atoms with van der Waals surface area (Å²) in [4.78, 5) is 46.1. The number of para-hydroxylation sites is 2. The number of nitrogens with one attached hydrogen (secondary N) is 1. The smallest absolute Gasteiger partial charge is 0.347 e. The Morgan fingerprint density at radius 3 is 2.21 bits per heavy atom. The Balaban J connectivity index is 1.63. The second-order valence-electron chi connectivity index (χ2n) is 6.52. The van der Waals surface area contributed by atoms with Crippen molar-refractivity contribution in [1.82, 2.24) is 5.43 Å². The first-order chi connectivity index (χ1) is 15.8. The van der Waals surface area contributed by atoms with Crippen LogP contribution >= 0.6 is 0 Å². The summed E-state index contributed by atoms with van der Waals surface area (Å²) < 4.78 is 10.3. The van der Waals surface area contributed by atoms with Crippen LogP contribution in [0.1, 0.15) is 33.2 Å². The lowest BCUT2D eigenvalue weighted by Crippen LogP contribution is -2.18. The van der Waals surface area contributed by atoms with E-state index in [1.807, 2.05) is 0 Å². The van der Waals surface area contributed by atoms with Crippen LogP contribution in [-0.2, 0) is 4.79 Å². The molecule has 0 heterocycles. The van der Waals surface area contributed by atoms with Crippen molar-refractivity contribution in [2.24, 2.45) is 5.10 Å². The van der Waals surface area contributed by atoms with Gasteiger partial charge >= 0.3 is 11.9 Å². The van der Waals surface area contributed by atoms with E-state index in [0.29, 0.717) is 5.56 Å². The van der Waals surface area contributed by atoms with E-state index in [1.54, 1.807) is 24.3 Å². The molecule has 0 unspecified atom stereocenters. The van der Waals surface area contributed by atoms with E-state index in [-0.39, 0.29) is 28.3 Å². The molecule has 3 aromatic carbocycles. The predicted molar refractivity (Wildman–Crippen MR) is 117 cm³/mol. The molecular formula is C23H17N3O7. The van der Waals surface area contributed by atoms with Crippen LogP contribution < -0.4 is 14.9 Å². The van der Waals surface area contributed by atoms with Crippen LogP contribution in [-0.4, -0.2) is 29.0 Å². The van der Waals surface area contributed by atoms with Crippen molar-refractivity contribution in [2.45, 2.75) is 6.92 Å². The molecule has 0 saturated carbocycles. The van der Waals surface area contributed by atoms with E-state index < -0.39 is 22.8 Å². The first-order valence-corrected chi connectivity index (χ1v) is 9.51. The van der Waals surface area contributed by atoms with Gasteiger partial charge in [-0.1, -0.05) is 24.3 Å². The third kappa shape index (κ3) is 6.07. The van der Waals surface area contributed by atoms with Gasteiger partial charge in [0.15, 0.2) is 0 Å². The Kier molecular flexibility index (Phi) is 7.22. The molecule has 10 nitrogen and oxygen atoms in total. The molecule has 1 amide bonds. The number of ether oxygens (including phenoxy) is 2. The zero-order chi connectivity index (χ0) is 23.8. The van der Waals surface area contributed by atoms with Crippen LogP contribution in [0.2, 0.25) is 0 Å². The maximum Gasteiger partial charge on any atom is 0.347 e. The van der Waals surface area contributed by atoms with Crippen LogP contribution in [0.4, 0.5) is 5.69 Å². The van der Waals surface area contributed by atoms with Gasteiger partial charge in [-0.2, -0.15) is 5.10 Å². The van der Waals surface area contributed by atoms with Crippen LogP contribution in [0, 0.1) is 10.1 Å². The van der Waals surface area contributed by atoms with Crippen molar-refractivity contribution >= 4 is 29.7 Å². The molecule has 0 radical (unpaired) electrons. The Labute approximate surface area is 187 Å². The molecule has 1 N–H and O–H groups in total. The molecule has 0 fully saturated rings. The molecule has 10 heteroatoms. The van der Waals surface area contributed by atoms with Crippen LogP contribution in [0.5, 0.6) is 11.5 Å². The van der Waals surface area contributed by atoms with Gasteiger partial charge in [-0.25, -0.2) is 10.2 Å². The van der Waals surface area contributed by atoms with Gasteiger partial charge in [0.2, 0.25) is 0 Å². The lowest BCUT2D eigenvalue weighted by atomic mass is 10.2. The number of hydrogen-bond acceptors (Lipinski definition) is 8. The van der Waals surface area contributed by atoms with Crippen molar-refractivity contribution in [3.8, 4) is 11.5 Å². The fraction of sp³-hybridized carbons (Fsp3) is 0.0435. The zero-order valence-corrected chi connectivity index (χ0v) is 17.3. The Morgan fingerprint density at radius 1 is 0.909 bits per heavy atom. The number of benzene rings is 3. The van der Waals surface area contributed by atoms with E-state index >= 15 is 0 Å². The summed E-state index contributed by atoms with van der Waals surface area (Å²) in [6, 6.07) is 17.9. The molecule has 0 saturated heterocycles. The molecule has 3 aromatic rings. The standard InChI is InChI=1S/C23H17N3O7/c1-15(27)32-21-9-5-3-7-19(21)23(29)33-17-12-10-16(11-13-17)14-24-25-22(28)18-6-2-4-8-20(18)26(30)31/h2-14H,1H3,(H,25,28)/b24-14-. The Hall–Kier alpha value is -4.86. The molecule has 3 rings (SSSR count). The van der Waals surface area contributed by atoms with E-state index in [4.69, 9.17) is 9.47 Å². The summed E-state index contributed by atoms with van der Waals surface area (Å²) in [5.41, 5.74) is 2.45. The minimum Gasteiger partial charge on any atom is -0.426 e. The highest BCUT2D eigenvalue weighted by molar-refractivity contribution is 5.98. The summed E-state index contributed by atoms with van der Waals surface area (Å²) >= 11 is 0. The predicted octanol–water partition coefficient (Wildman–Crippen LogP) is 3.50. The quantitative estimate of drug-likeness (QED) is 0.192. The van der Waals surface area contributed by atoms with Crippen molar-refractivity contribution in [3.05, 3.63) is 99.6 Å². The molecule has 0 bridgehead atoms. The van der Waals surface area contributed by atoms with Gasteiger partial charge in [0.1, 0.15) is 22.6 Å². The van der Waals surface area contributed by atoms with Gasteiger partial charge in [-0.3, -0.25) is 19.7 Å². The van der Waals surface area contributed by atoms with Crippen LogP contribution in [0.3, 0.4) is 0 Å². The summed E-state index contributed by atoms with van der Waals surface area (Å²) in [5.74, 6) is -1.67. The highest BCUT2D eigenvalue weighted by atomic mass is 16.6. The maximum atomic E-state index is 12.4. The Bertz CT molecular complexity index is 1240. The largest absolute Gasteiger partial charge is 0.426 e. The monoisotopic (exact) mass is 447 g/mol. The molecular weight excluding hydrogens is 430 g/mol. The lowest BCUT2D eigenvalue weighted by molar-refractivity contribution is -0.385. The molecule has 0 aliphatic heterocycles. The van der Waals surface area contributed by atoms with Crippen molar-refractivity contribution in [2.75, 3.05) is 0 Å². The maximum absolute atomic E-state index is 12.4. The number of hydrazone groups is 1.